The van der Waals surface area contributed by atoms with Crippen molar-refractivity contribution in [3.05, 3.63) is 57.2 Å². The van der Waals surface area contributed by atoms with Crippen molar-refractivity contribution in [2.24, 2.45) is 0 Å². The van der Waals surface area contributed by atoms with Gasteiger partial charge in [0.25, 0.3) is 5.56 Å². The van der Waals surface area contributed by atoms with Crippen LogP contribution < -0.4 is 10.9 Å². The van der Waals surface area contributed by atoms with Gasteiger partial charge in [-0.05, 0) is 44.0 Å². The minimum atomic E-state index is -0.238. The highest BCUT2D eigenvalue weighted by molar-refractivity contribution is 8.00. The van der Waals surface area contributed by atoms with Crippen LogP contribution in [0.4, 0.5) is 5.82 Å². The number of aryl methyl sites for hydroxylation is 3. The fourth-order valence-corrected chi connectivity index (χ4v) is 5.36. The number of amides is 1. The second kappa shape index (κ2) is 8.31. The van der Waals surface area contributed by atoms with Gasteiger partial charge in [0.15, 0.2) is 11.0 Å². The first-order valence-electron chi connectivity index (χ1n) is 9.57. The highest BCUT2D eigenvalue weighted by Crippen LogP contribution is 2.35. The van der Waals surface area contributed by atoms with Gasteiger partial charge in [0.05, 0.1) is 22.0 Å². The molecule has 0 saturated carbocycles. The standard InChI is InChI=1S/C21H22N4O3S2/c1-11-5-12(2)7-15(6-11)25-20(27)19-16(9-14(4)30-19)22-21(25)29-10-18(26)23-17-8-13(3)28-24-17/h5-8,14H,9-10H2,1-4H3,(H,23,24,26)/t14-/m0/s1. The number of nitrogens with one attached hydrogen (secondary N) is 1. The lowest BCUT2D eigenvalue weighted by Gasteiger charge is -2.14. The van der Waals surface area contributed by atoms with E-state index in [0.29, 0.717) is 26.9 Å². The van der Waals surface area contributed by atoms with Gasteiger partial charge < -0.3 is 9.84 Å². The maximum atomic E-state index is 13.4. The second-order valence-electron chi connectivity index (χ2n) is 7.45. The fourth-order valence-electron chi connectivity index (χ4n) is 3.44. The number of benzene rings is 1. The van der Waals surface area contributed by atoms with Gasteiger partial charge in [0, 0.05) is 17.7 Å². The van der Waals surface area contributed by atoms with E-state index in [0.717, 1.165) is 28.9 Å². The van der Waals surface area contributed by atoms with Gasteiger partial charge >= 0.3 is 0 Å². The summed E-state index contributed by atoms with van der Waals surface area (Å²) in [4.78, 5) is 31.2. The number of rotatable bonds is 5. The summed E-state index contributed by atoms with van der Waals surface area (Å²) >= 11 is 2.81. The molecule has 0 saturated heterocycles. The van der Waals surface area contributed by atoms with E-state index in [2.05, 4.69) is 23.5 Å². The smallest absolute Gasteiger partial charge is 0.272 e. The zero-order chi connectivity index (χ0) is 21.4. The Labute approximate surface area is 182 Å². The van der Waals surface area contributed by atoms with Crippen molar-refractivity contribution >= 4 is 35.2 Å². The Kier molecular flexibility index (Phi) is 5.75. The highest BCUT2D eigenvalue weighted by Gasteiger charge is 2.27. The molecule has 0 unspecified atom stereocenters. The van der Waals surface area contributed by atoms with E-state index in [-0.39, 0.29) is 17.2 Å². The van der Waals surface area contributed by atoms with E-state index >= 15 is 0 Å². The quantitative estimate of drug-likeness (QED) is 0.473. The zero-order valence-corrected chi connectivity index (χ0v) is 18.8. The normalized spacial score (nSPS) is 15.3. The fraction of sp³-hybridized carbons (Fsp3) is 0.333. The molecule has 1 aliphatic heterocycles. The van der Waals surface area contributed by atoms with Crippen LogP contribution in [0.25, 0.3) is 5.69 Å². The molecule has 0 aliphatic carbocycles. The maximum absolute atomic E-state index is 13.4. The lowest BCUT2D eigenvalue weighted by atomic mass is 10.1. The van der Waals surface area contributed by atoms with Crippen molar-refractivity contribution in [1.29, 1.82) is 0 Å². The van der Waals surface area contributed by atoms with Crippen molar-refractivity contribution in [1.82, 2.24) is 14.7 Å². The largest absolute Gasteiger partial charge is 0.360 e. The number of hydrogen-bond acceptors (Lipinski definition) is 7. The monoisotopic (exact) mass is 442 g/mol. The molecule has 4 rings (SSSR count). The molecule has 0 fully saturated rings. The Balaban J connectivity index is 1.67. The number of hydrogen-bond donors (Lipinski definition) is 1. The van der Waals surface area contributed by atoms with Crippen LogP contribution in [0.2, 0.25) is 0 Å². The molecule has 30 heavy (non-hydrogen) atoms. The van der Waals surface area contributed by atoms with Gasteiger partial charge in [-0.3, -0.25) is 14.2 Å². The van der Waals surface area contributed by atoms with Gasteiger partial charge in [-0.2, -0.15) is 0 Å². The number of anilines is 1. The minimum absolute atomic E-state index is 0.0746. The van der Waals surface area contributed by atoms with E-state index in [1.165, 1.54) is 11.8 Å². The summed E-state index contributed by atoms with van der Waals surface area (Å²) < 4.78 is 6.60. The molecule has 0 bridgehead atoms. The lowest BCUT2D eigenvalue weighted by molar-refractivity contribution is -0.113. The first-order valence-corrected chi connectivity index (χ1v) is 11.4. The van der Waals surface area contributed by atoms with Gasteiger partial charge in [-0.1, -0.05) is 29.9 Å². The number of carbonyl (C=O) groups is 1. The van der Waals surface area contributed by atoms with Gasteiger partial charge in [0.2, 0.25) is 5.91 Å². The lowest BCUT2D eigenvalue weighted by Crippen LogP contribution is -2.25. The summed E-state index contributed by atoms with van der Waals surface area (Å²) in [5.74, 6) is 0.855. The number of nitrogens with zero attached hydrogens (tertiary/aromatic N) is 3. The van der Waals surface area contributed by atoms with Crippen molar-refractivity contribution in [2.45, 2.75) is 49.4 Å². The molecule has 0 radical (unpaired) electrons. The summed E-state index contributed by atoms with van der Waals surface area (Å²) in [6.07, 6.45) is 0.751. The van der Waals surface area contributed by atoms with Gasteiger partial charge in [-0.15, -0.1) is 11.8 Å². The SMILES string of the molecule is Cc1cc(C)cc(-n2c(SCC(=O)Nc3cc(C)on3)nc3c(c2=O)S[C@@H](C)C3)c1. The molecule has 1 amide bonds. The minimum Gasteiger partial charge on any atom is -0.360 e. The van der Waals surface area contributed by atoms with Crippen LogP contribution in [0.1, 0.15) is 29.5 Å². The molecule has 0 spiro atoms. The Morgan fingerprint density at radius 2 is 2.00 bits per heavy atom. The molecular formula is C21H22N4O3S2. The molecule has 2 aromatic heterocycles. The van der Waals surface area contributed by atoms with Crippen LogP contribution in [0.15, 0.2) is 43.6 Å². The summed E-state index contributed by atoms with van der Waals surface area (Å²) in [5.41, 5.74) is 3.63. The summed E-state index contributed by atoms with van der Waals surface area (Å²) in [6.45, 7) is 7.85. The molecule has 156 valence electrons. The molecule has 1 aromatic carbocycles. The average molecular weight is 443 g/mol. The Morgan fingerprint density at radius 3 is 2.67 bits per heavy atom. The first kappa shape index (κ1) is 20.7. The predicted octanol–water partition coefficient (Wildman–Crippen LogP) is 3.91. The van der Waals surface area contributed by atoms with Crippen LogP contribution in [0.5, 0.6) is 0 Å². The Hall–Kier alpha value is -2.52. The van der Waals surface area contributed by atoms with Crippen LogP contribution in [0, 0.1) is 20.8 Å². The van der Waals surface area contributed by atoms with Crippen molar-refractivity contribution in [3.63, 3.8) is 0 Å². The molecule has 1 atom stereocenters. The average Bonchev–Trinajstić information content (AvgIpc) is 3.24. The van der Waals surface area contributed by atoms with E-state index in [1.54, 1.807) is 29.3 Å². The molecule has 1 aliphatic rings. The van der Waals surface area contributed by atoms with Gasteiger partial charge in [0.1, 0.15) is 5.76 Å². The maximum Gasteiger partial charge on any atom is 0.272 e. The topological polar surface area (TPSA) is 90.0 Å². The van der Waals surface area contributed by atoms with Crippen LogP contribution in [0.3, 0.4) is 0 Å². The zero-order valence-electron chi connectivity index (χ0n) is 17.2. The molecule has 9 heteroatoms. The second-order valence-corrected chi connectivity index (χ2v) is 9.84. The van der Waals surface area contributed by atoms with Crippen LogP contribution in [-0.4, -0.2) is 31.6 Å². The van der Waals surface area contributed by atoms with E-state index in [1.807, 2.05) is 26.0 Å². The third kappa shape index (κ3) is 4.32. The first-order chi connectivity index (χ1) is 14.3. The molecular weight excluding hydrogens is 420 g/mol. The number of thioether (sulfide) groups is 2. The van der Waals surface area contributed by atoms with Gasteiger partial charge in [-0.25, -0.2) is 4.98 Å². The van der Waals surface area contributed by atoms with Crippen molar-refractivity contribution in [2.75, 3.05) is 11.1 Å². The predicted molar refractivity (Wildman–Crippen MR) is 119 cm³/mol. The summed E-state index contributed by atoms with van der Waals surface area (Å²) in [6, 6.07) is 7.65. The molecule has 3 aromatic rings. The van der Waals surface area contributed by atoms with Crippen LogP contribution >= 0.6 is 23.5 Å². The van der Waals surface area contributed by atoms with E-state index in [9.17, 15) is 9.59 Å². The summed E-state index contributed by atoms with van der Waals surface area (Å²) in [5, 5.41) is 7.31. The van der Waals surface area contributed by atoms with E-state index in [4.69, 9.17) is 9.51 Å². The number of carbonyl (C=O) groups excluding carboxylic acids is 1. The molecule has 1 N–H and O–H groups in total. The Morgan fingerprint density at radius 1 is 1.27 bits per heavy atom. The number of fused-ring (bicyclic) bond motifs is 1. The molecule has 3 heterocycles. The Bertz CT molecular complexity index is 1170. The molecule has 7 nitrogen and oxygen atoms in total. The highest BCUT2D eigenvalue weighted by atomic mass is 32.2. The van der Waals surface area contributed by atoms with Crippen molar-refractivity contribution in [3.8, 4) is 5.69 Å². The van der Waals surface area contributed by atoms with E-state index < -0.39 is 0 Å². The third-order valence-electron chi connectivity index (χ3n) is 4.57. The summed E-state index contributed by atoms with van der Waals surface area (Å²) in [7, 11) is 0. The number of aromatic nitrogens is 3. The van der Waals surface area contributed by atoms with Crippen molar-refractivity contribution < 1.29 is 9.32 Å². The third-order valence-corrected chi connectivity index (χ3v) is 6.73. The van der Waals surface area contributed by atoms with Crippen LogP contribution in [-0.2, 0) is 11.2 Å².